The zero-order chi connectivity index (χ0) is 18.6. The highest BCUT2D eigenvalue weighted by Gasteiger charge is 2.21. The van der Waals surface area contributed by atoms with Crippen LogP contribution in [-0.2, 0) is 9.47 Å². The van der Waals surface area contributed by atoms with Crippen LogP contribution in [0.1, 0.15) is 39.3 Å². The molecule has 0 fully saturated rings. The minimum Gasteiger partial charge on any atom is -0.465 e. The minimum atomic E-state index is -0.818. The summed E-state index contributed by atoms with van der Waals surface area (Å²) in [4.78, 5) is 34.3. The van der Waals surface area contributed by atoms with Crippen LogP contribution >= 0.6 is 11.6 Å². The van der Waals surface area contributed by atoms with Crippen LogP contribution in [0.15, 0.2) is 42.5 Å². The summed E-state index contributed by atoms with van der Waals surface area (Å²) in [5.74, 6) is -1.61. The summed E-state index contributed by atoms with van der Waals surface area (Å²) in [6, 6.07) is 10.1. The van der Waals surface area contributed by atoms with Crippen LogP contribution in [0.5, 0.6) is 0 Å². The number of carbonyl (C=O) groups excluding carboxylic acids is 2. The number of hydrogen-bond acceptors (Lipinski definition) is 6. The molecule has 0 aliphatic heterocycles. The third kappa shape index (κ3) is 4.33. The number of nitro benzene ring substituents is 1. The topological polar surface area (TPSA) is 95.7 Å². The number of esters is 2. The van der Waals surface area contributed by atoms with E-state index in [1.165, 1.54) is 6.07 Å². The lowest BCUT2D eigenvalue weighted by molar-refractivity contribution is -0.384. The lowest BCUT2D eigenvalue weighted by Gasteiger charge is -2.15. The van der Waals surface area contributed by atoms with Crippen molar-refractivity contribution in [1.29, 1.82) is 0 Å². The molecule has 0 bridgehead atoms. The zero-order valence-electron chi connectivity index (χ0n) is 13.4. The lowest BCUT2D eigenvalue weighted by Crippen LogP contribution is -2.12. The number of halogens is 1. The van der Waals surface area contributed by atoms with Crippen molar-refractivity contribution >= 4 is 29.2 Å². The monoisotopic (exact) mass is 363 g/mol. The summed E-state index contributed by atoms with van der Waals surface area (Å²) in [7, 11) is 1.14. The molecule has 0 aliphatic rings. The summed E-state index contributed by atoms with van der Waals surface area (Å²) in [6.07, 6.45) is -0.679. The molecule has 7 nitrogen and oxygen atoms in total. The Labute approximate surface area is 148 Å². The van der Waals surface area contributed by atoms with E-state index < -0.39 is 28.7 Å². The van der Waals surface area contributed by atoms with Crippen LogP contribution in [0.4, 0.5) is 5.69 Å². The van der Waals surface area contributed by atoms with E-state index in [0.29, 0.717) is 10.6 Å². The summed E-state index contributed by atoms with van der Waals surface area (Å²) in [5, 5.41) is 11.4. The van der Waals surface area contributed by atoms with Crippen molar-refractivity contribution in [2.45, 2.75) is 13.0 Å². The molecular weight excluding hydrogens is 350 g/mol. The van der Waals surface area contributed by atoms with Crippen molar-refractivity contribution in [1.82, 2.24) is 0 Å². The van der Waals surface area contributed by atoms with E-state index in [9.17, 15) is 19.7 Å². The van der Waals surface area contributed by atoms with E-state index in [1.54, 1.807) is 31.2 Å². The van der Waals surface area contributed by atoms with Gasteiger partial charge in [-0.2, -0.15) is 0 Å². The quantitative estimate of drug-likeness (QED) is 0.453. The molecule has 2 aromatic carbocycles. The number of non-ortho nitro benzene ring substituents is 1. The Morgan fingerprint density at radius 3 is 2.28 bits per heavy atom. The fourth-order valence-corrected chi connectivity index (χ4v) is 2.46. The Morgan fingerprint density at radius 1 is 1.12 bits per heavy atom. The van der Waals surface area contributed by atoms with Gasteiger partial charge in [-0.05, 0) is 19.1 Å². The van der Waals surface area contributed by atoms with Crippen molar-refractivity contribution in [3.05, 3.63) is 74.3 Å². The number of hydrogen-bond donors (Lipinski definition) is 0. The molecule has 0 spiro atoms. The van der Waals surface area contributed by atoms with Crippen molar-refractivity contribution in [2.75, 3.05) is 7.11 Å². The van der Waals surface area contributed by atoms with Gasteiger partial charge in [0.25, 0.3) is 5.69 Å². The summed E-state index contributed by atoms with van der Waals surface area (Å²) in [6.45, 7) is 1.62. The fraction of sp³-hybridized carbons (Fsp3) is 0.176. The molecule has 130 valence electrons. The second kappa shape index (κ2) is 7.76. The molecule has 0 saturated carbocycles. The van der Waals surface area contributed by atoms with Crippen LogP contribution in [0.2, 0.25) is 5.02 Å². The molecule has 1 atom stereocenters. The minimum absolute atomic E-state index is 0.117. The van der Waals surface area contributed by atoms with Gasteiger partial charge in [0.15, 0.2) is 0 Å². The number of ether oxygens (including phenoxy) is 2. The van der Waals surface area contributed by atoms with Gasteiger partial charge in [-0.25, -0.2) is 9.59 Å². The first-order valence-electron chi connectivity index (χ1n) is 7.16. The van der Waals surface area contributed by atoms with E-state index >= 15 is 0 Å². The van der Waals surface area contributed by atoms with Crippen LogP contribution in [0, 0.1) is 10.1 Å². The molecule has 0 aromatic heterocycles. The van der Waals surface area contributed by atoms with Gasteiger partial charge in [0.1, 0.15) is 6.10 Å². The maximum absolute atomic E-state index is 12.3. The van der Waals surface area contributed by atoms with Crippen LogP contribution in [0.25, 0.3) is 0 Å². The number of methoxy groups -OCH3 is 1. The number of nitro groups is 1. The van der Waals surface area contributed by atoms with E-state index in [2.05, 4.69) is 4.74 Å². The first-order valence-corrected chi connectivity index (χ1v) is 7.54. The summed E-state index contributed by atoms with van der Waals surface area (Å²) < 4.78 is 9.85. The standard InChI is InChI=1S/C17H14ClNO6/c1-10(14-5-3-4-6-15(14)18)25-17(21)12-7-11(16(20)24-2)8-13(9-12)19(22)23/h3-10H,1-2H3. The van der Waals surface area contributed by atoms with Gasteiger partial charge in [0.2, 0.25) is 0 Å². The van der Waals surface area contributed by atoms with Crippen molar-refractivity contribution in [2.24, 2.45) is 0 Å². The number of benzene rings is 2. The molecule has 2 aromatic rings. The van der Waals surface area contributed by atoms with Gasteiger partial charge in [0, 0.05) is 22.7 Å². The molecule has 0 aliphatic carbocycles. The highest BCUT2D eigenvalue weighted by Crippen LogP contribution is 2.27. The molecule has 2 rings (SSSR count). The van der Waals surface area contributed by atoms with E-state index in [1.807, 2.05) is 0 Å². The normalized spacial score (nSPS) is 11.5. The largest absolute Gasteiger partial charge is 0.465 e. The van der Waals surface area contributed by atoms with E-state index in [-0.39, 0.29) is 11.1 Å². The number of rotatable bonds is 5. The van der Waals surface area contributed by atoms with Gasteiger partial charge >= 0.3 is 11.9 Å². The molecular formula is C17H14ClNO6. The molecule has 0 saturated heterocycles. The highest BCUT2D eigenvalue weighted by molar-refractivity contribution is 6.31. The van der Waals surface area contributed by atoms with E-state index in [4.69, 9.17) is 16.3 Å². The molecule has 8 heteroatoms. The van der Waals surface area contributed by atoms with Crippen molar-refractivity contribution < 1.29 is 24.0 Å². The molecule has 0 amide bonds. The average Bonchev–Trinajstić information content (AvgIpc) is 2.60. The van der Waals surface area contributed by atoms with Gasteiger partial charge in [-0.15, -0.1) is 0 Å². The zero-order valence-corrected chi connectivity index (χ0v) is 14.1. The maximum Gasteiger partial charge on any atom is 0.339 e. The molecule has 0 N–H and O–H groups in total. The predicted molar refractivity (Wildman–Crippen MR) is 89.7 cm³/mol. The Bertz CT molecular complexity index is 836. The summed E-state index contributed by atoms with van der Waals surface area (Å²) in [5.41, 5.74) is -0.0704. The van der Waals surface area contributed by atoms with Gasteiger partial charge < -0.3 is 9.47 Å². The highest BCUT2D eigenvalue weighted by atomic mass is 35.5. The average molecular weight is 364 g/mol. The second-order valence-corrected chi connectivity index (χ2v) is 5.49. The Balaban J connectivity index is 2.32. The van der Waals surface area contributed by atoms with Gasteiger partial charge in [-0.1, -0.05) is 29.8 Å². The lowest BCUT2D eigenvalue weighted by atomic mass is 10.1. The van der Waals surface area contributed by atoms with Crippen LogP contribution < -0.4 is 0 Å². The number of carbonyl (C=O) groups is 2. The summed E-state index contributed by atoms with van der Waals surface area (Å²) >= 11 is 6.06. The van der Waals surface area contributed by atoms with E-state index in [0.717, 1.165) is 19.2 Å². The molecule has 25 heavy (non-hydrogen) atoms. The van der Waals surface area contributed by atoms with Crippen LogP contribution in [-0.4, -0.2) is 24.0 Å². The maximum atomic E-state index is 12.3. The first-order chi connectivity index (χ1) is 11.8. The molecule has 0 radical (unpaired) electrons. The second-order valence-electron chi connectivity index (χ2n) is 5.09. The molecule has 1 unspecified atom stereocenters. The first kappa shape index (κ1) is 18.4. The van der Waals surface area contributed by atoms with Crippen molar-refractivity contribution in [3.63, 3.8) is 0 Å². The number of nitrogens with zero attached hydrogens (tertiary/aromatic N) is 1. The smallest absolute Gasteiger partial charge is 0.339 e. The Kier molecular flexibility index (Phi) is 5.71. The third-order valence-corrected chi connectivity index (χ3v) is 3.76. The predicted octanol–water partition coefficient (Wildman–Crippen LogP) is 3.95. The fourth-order valence-electron chi connectivity index (χ4n) is 2.17. The Hall–Kier alpha value is -2.93. The SMILES string of the molecule is COC(=O)c1cc(C(=O)OC(C)c2ccccc2Cl)cc([N+](=O)[O-])c1. The van der Waals surface area contributed by atoms with Gasteiger partial charge in [0.05, 0.1) is 23.2 Å². The van der Waals surface area contributed by atoms with Crippen molar-refractivity contribution in [3.8, 4) is 0 Å². The third-order valence-electron chi connectivity index (χ3n) is 3.41. The van der Waals surface area contributed by atoms with Gasteiger partial charge in [-0.3, -0.25) is 10.1 Å². The molecule has 0 heterocycles. The Morgan fingerprint density at radius 2 is 1.72 bits per heavy atom. The van der Waals surface area contributed by atoms with Crippen LogP contribution in [0.3, 0.4) is 0 Å².